The minimum Gasteiger partial charge on any atom is -0.394 e. The number of allylic oxidation sites excluding steroid dienone is 6. The van der Waals surface area contributed by atoms with E-state index in [2.05, 4.69) is 55.6 Å². The molecule has 0 aromatic carbocycles. The lowest BCUT2D eigenvalue weighted by molar-refractivity contribution is -0.132. The van der Waals surface area contributed by atoms with Crippen molar-refractivity contribution in [2.75, 3.05) is 6.61 Å². The molecular formula is C49H93NO5. The molecule has 4 atom stereocenters. The highest BCUT2D eigenvalue weighted by Gasteiger charge is 2.28. The number of aliphatic hydroxyl groups is 4. The molecule has 1 amide bonds. The molecule has 0 aromatic heterocycles. The molecule has 0 radical (unpaired) electrons. The molecular weight excluding hydrogens is 683 g/mol. The maximum atomic E-state index is 12.5. The summed E-state index contributed by atoms with van der Waals surface area (Å²) in [5.41, 5.74) is 0. The van der Waals surface area contributed by atoms with Gasteiger partial charge in [0.05, 0.1) is 18.8 Å². The van der Waals surface area contributed by atoms with Gasteiger partial charge < -0.3 is 25.7 Å². The van der Waals surface area contributed by atoms with Gasteiger partial charge in [-0.15, -0.1) is 0 Å². The van der Waals surface area contributed by atoms with Gasteiger partial charge in [0.2, 0.25) is 5.91 Å². The van der Waals surface area contributed by atoms with Crippen LogP contribution in [-0.4, -0.2) is 57.3 Å². The van der Waals surface area contributed by atoms with E-state index in [0.29, 0.717) is 19.3 Å². The van der Waals surface area contributed by atoms with Crippen molar-refractivity contribution in [1.29, 1.82) is 0 Å². The summed E-state index contributed by atoms with van der Waals surface area (Å²) in [7, 11) is 0. The van der Waals surface area contributed by atoms with Crippen LogP contribution >= 0.6 is 0 Å². The van der Waals surface area contributed by atoms with E-state index in [0.717, 1.165) is 57.8 Å². The van der Waals surface area contributed by atoms with Gasteiger partial charge in [-0.1, -0.05) is 217 Å². The highest BCUT2D eigenvalue weighted by Crippen LogP contribution is 2.17. The Balaban J connectivity index is 3.65. The molecule has 5 N–H and O–H groups in total. The number of nitrogens with one attached hydrogen (secondary N) is 1. The van der Waals surface area contributed by atoms with Crippen molar-refractivity contribution in [2.24, 2.45) is 0 Å². The molecule has 0 aliphatic heterocycles. The Morgan fingerprint density at radius 1 is 0.455 bits per heavy atom. The van der Waals surface area contributed by atoms with E-state index in [1.165, 1.54) is 148 Å². The van der Waals surface area contributed by atoms with Crippen LogP contribution in [0.25, 0.3) is 0 Å². The Morgan fingerprint density at radius 3 is 1.16 bits per heavy atom. The number of amides is 1. The molecule has 55 heavy (non-hydrogen) atoms. The number of hydrogen-bond acceptors (Lipinski definition) is 5. The number of unbranched alkanes of at least 4 members (excludes halogenated alkanes) is 28. The summed E-state index contributed by atoms with van der Waals surface area (Å²) in [6, 6.07) is -1.01. The molecule has 6 heteroatoms. The smallest absolute Gasteiger partial charge is 0.249 e. The van der Waals surface area contributed by atoms with Crippen molar-refractivity contribution in [1.82, 2.24) is 5.32 Å². The van der Waals surface area contributed by atoms with Crippen molar-refractivity contribution >= 4 is 5.91 Å². The SMILES string of the molecule is CC/C=C/CC/C=C/CC/C=C/CCCC(O)C(O)C(CO)NC(=O)C(O)CCCCCCCCCCCCCCCCCCCCCCCCCCCC. The van der Waals surface area contributed by atoms with Gasteiger partial charge in [-0.05, 0) is 57.8 Å². The Bertz CT molecular complexity index is 873. The van der Waals surface area contributed by atoms with E-state index >= 15 is 0 Å². The van der Waals surface area contributed by atoms with Crippen LogP contribution in [-0.2, 0) is 4.79 Å². The first-order valence-corrected chi connectivity index (χ1v) is 23.9. The van der Waals surface area contributed by atoms with Crippen molar-refractivity contribution in [3.63, 3.8) is 0 Å². The number of hydrogen-bond donors (Lipinski definition) is 5. The van der Waals surface area contributed by atoms with Crippen LogP contribution in [0.1, 0.15) is 239 Å². The quantitative estimate of drug-likeness (QED) is 0.0313. The van der Waals surface area contributed by atoms with Crippen LogP contribution in [0.2, 0.25) is 0 Å². The van der Waals surface area contributed by atoms with Crippen LogP contribution in [0.3, 0.4) is 0 Å². The van der Waals surface area contributed by atoms with Crippen LogP contribution in [0, 0.1) is 0 Å². The second kappa shape index (κ2) is 43.6. The fourth-order valence-electron chi connectivity index (χ4n) is 7.33. The first-order valence-electron chi connectivity index (χ1n) is 23.9. The summed E-state index contributed by atoms with van der Waals surface area (Å²) < 4.78 is 0. The summed E-state index contributed by atoms with van der Waals surface area (Å²) in [6.45, 7) is 3.93. The first-order chi connectivity index (χ1) is 27.0. The van der Waals surface area contributed by atoms with Gasteiger partial charge >= 0.3 is 0 Å². The lowest BCUT2D eigenvalue weighted by Gasteiger charge is -2.27. The van der Waals surface area contributed by atoms with Crippen molar-refractivity contribution < 1.29 is 25.2 Å². The molecule has 0 aliphatic rings. The molecule has 324 valence electrons. The average Bonchev–Trinajstić information content (AvgIpc) is 3.19. The largest absolute Gasteiger partial charge is 0.394 e. The summed E-state index contributed by atoms with van der Waals surface area (Å²) in [5, 5.41) is 43.6. The topological polar surface area (TPSA) is 110 Å². The molecule has 0 rings (SSSR count). The zero-order valence-electron chi connectivity index (χ0n) is 36.4. The number of aliphatic hydroxyl groups excluding tert-OH is 4. The fourth-order valence-corrected chi connectivity index (χ4v) is 7.33. The maximum absolute atomic E-state index is 12.5. The maximum Gasteiger partial charge on any atom is 0.249 e. The molecule has 4 unspecified atom stereocenters. The summed E-state index contributed by atoms with van der Waals surface area (Å²) >= 11 is 0. The highest BCUT2D eigenvalue weighted by molar-refractivity contribution is 5.80. The van der Waals surface area contributed by atoms with E-state index in [4.69, 9.17) is 0 Å². The van der Waals surface area contributed by atoms with Crippen LogP contribution in [0.15, 0.2) is 36.5 Å². The van der Waals surface area contributed by atoms with E-state index in [9.17, 15) is 25.2 Å². The van der Waals surface area contributed by atoms with Gasteiger partial charge in [-0.25, -0.2) is 0 Å². The highest BCUT2D eigenvalue weighted by atomic mass is 16.3. The van der Waals surface area contributed by atoms with E-state index in [1.807, 2.05) is 0 Å². The molecule has 0 aliphatic carbocycles. The second-order valence-corrected chi connectivity index (χ2v) is 16.4. The molecule has 0 heterocycles. The van der Waals surface area contributed by atoms with E-state index < -0.39 is 36.9 Å². The lowest BCUT2D eigenvalue weighted by Crippen LogP contribution is -2.53. The summed E-state index contributed by atoms with van der Waals surface area (Å²) in [6.07, 6.45) is 52.0. The third-order valence-corrected chi connectivity index (χ3v) is 11.1. The Labute approximate surface area is 341 Å². The van der Waals surface area contributed by atoms with Gasteiger partial charge in [0.15, 0.2) is 0 Å². The predicted molar refractivity (Wildman–Crippen MR) is 237 cm³/mol. The minimum atomic E-state index is -1.29. The van der Waals surface area contributed by atoms with Gasteiger partial charge in [-0.2, -0.15) is 0 Å². The monoisotopic (exact) mass is 776 g/mol. The number of carbonyl (C=O) groups excluding carboxylic acids is 1. The van der Waals surface area contributed by atoms with E-state index in [1.54, 1.807) is 0 Å². The molecule has 0 spiro atoms. The summed E-state index contributed by atoms with van der Waals surface area (Å²) in [5.74, 6) is -0.598. The van der Waals surface area contributed by atoms with Crippen molar-refractivity contribution in [3.05, 3.63) is 36.5 Å². The van der Waals surface area contributed by atoms with Gasteiger partial charge in [0.25, 0.3) is 0 Å². The zero-order valence-corrected chi connectivity index (χ0v) is 36.4. The van der Waals surface area contributed by atoms with Gasteiger partial charge in [0, 0.05) is 0 Å². The molecule has 0 fully saturated rings. The Morgan fingerprint density at radius 2 is 0.800 bits per heavy atom. The Kier molecular flexibility index (Phi) is 42.5. The third kappa shape index (κ3) is 37.8. The molecule has 0 saturated carbocycles. The fraction of sp³-hybridized carbons (Fsp3) is 0.857. The average molecular weight is 776 g/mol. The first kappa shape index (κ1) is 53.5. The van der Waals surface area contributed by atoms with Gasteiger partial charge in [-0.3, -0.25) is 4.79 Å². The number of rotatable bonds is 43. The van der Waals surface area contributed by atoms with Crippen LogP contribution in [0.5, 0.6) is 0 Å². The van der Waals surface area contributed by atoms with Crippen molar-refractivity contribution in [3.8, 4) is 0 Å². The van der Waals surface area contributed by atoms with E-state index in [-0.39, 0.29) is 0 Å². The minimum absolute atomic E-state index is 0.362. The van der Waals surface area contributed by atoms with Crippen LogP contribution in [0.4, 0.5) is 0 Å². The Hall–Kier alpha value is -1.47. The zero-order chi connectivity index (χ0) is 40.3. The standard InChI is InChI=1S/C49H93NO5/c1-3-5-7-9-11-13-15-17-18-19-20-21-22-23-24-25-26-27-28-29-31-33-35-37-39-41-43-47(53)49(55)50-45(44-51)48(54)46(52)42-40-38-36-34-32-30-16-14-12-10-8-6-4-2/h6,8,14,16,34,36,45-48,51-54H,3-5,7,9-13,15,17-33,35,37-44H2,1-2H3,(H,50,55)/b8-6+,16-14+,36-34+. The predicted octanol–water partition coefficient (Wildman–Crippen LogP) is 12.9. The number of carbonyl (C=O) groups is 1. The molecule has 0 aromatic rings. The summed E-state index contributed by atoms with van der Waals surface area (Å²) in [4.78, 5) is 12.5. The van der Waals surface area contributed by atoms with Crippen LogP contribution < -0.4 is 5.32 Å². The third-order valence-electron chi connectivity index (χ3n) is 11.1. The van der Waals surface area contributed by atoms with Gasteiger partial charge in [0.1, 0.15) is 12.2 Å². The van der Waals surface area contributed by atoms with Crippen molar-refractivity contribution in [2.45, 2.75) is 263 Å². The molecule has 6 nitrogen and oxygen atoms in total. The molecule has 0 bridgehead atoms. The lowest BCUT2D eigenvalue weighted by atomic mass is 10.00. The normalized spacial score (nSPS) is 14.4. The molecule has 0 saturated heterocycles. The second-order valence-electron chi connectivity index (χ2n) is 16.4.